The van der Waals surface area contributed by atoms with Crippen LogP contribution in [-0.2, 0) is 6.54 Å². The first kappa shape index (κ1) is 28.5. The summed E-state index contributed by atoms with van der Waals surface area (Å²) in [5, 5.41) is 0. The molecule has 0 heterocycles. The van der Waals surface area contributed by atoms with Crippen LogP contribution >= 0.6 is 12.4 Å². The van der Waals surface area contributed by atoms with Gasteiger partial charge in [0.05, 0.1) is 19.6 Å². The number of hydrogen-bond donors (Lipinski definition) is 0. The zero-order valence-corrected chi connectivity index (χ0v) is 18.2. The van der Waals surface area contributed by atoms with Crippen molar-refractivity contribution in [1.29, 1.82) is 0 Å². The van der Waals surface area contributed by atoms with Crippen molar-refractivity contribution >= 4 is 12.4 Å². The number of benzene rings is 1. The Hall–Kier alpha value is -0.280. The molecule has 0 N–H and O–H groups in total. The summed E-state index contributed by atoms with van der Waals surface area (Å²) >= 11 is 0. The standard InChI is InChI=1S/C14H23N.C6H15N.2ClH/c1-5-15(6-2,7-3)12-14-10-8-13(4)9-11-14;1-4-7(5-2)6-3;;/h8-11H,4-7,12H2,1-3H3;4-6H2,1-3H3;2*1H/q+1;;;/p-1. The average molecular weight is 378 g/mol. The summed E-state index contributed by atoms with van der Waals surface area (Å²) in [4.78, 5) is 2.38. The van der Waals surface area contributed by atoms with E-state index in [1.807, 2.05) is 0 Å². The molecule has 0 atom stereocenters. The molecule has 0 unspecified atom stereocenters. The molecule has 0 aliphatic carbocycles. The Bertz CT molecular complexity index is 358. The Kier molecular flexibility index (Phi) is 19.3. The molecule has 1 rings (SSSR count). The van der Waals surface area contributed by atoms with E-state index in [0.717, 1.165) is 12.1 Å². The molecule has 1 radical (unpaired) electrons. The van der Waals surface area contributed by atoms with Crippen LogP contribution in [0.15, 0.2) is 24.3 Å². The maximum atomic E-state index is 3.91. The first-order chi connectivity index (χ1) is 10.5. The molecule has 4 heteroatoms. The van der Waals surface area contributed by atoms with Crippen LogP contribution in [0.1, 0.15) is 52.7 Å². The van der Waals surface area contributed by atoms with Crippen LogP contribution in [0.5, 0.6) is 0 Å². The van der Waals surface area contributed by atoms with E-state index >= 15 is 0 Å². The fourth-order valence-electron chi connectivity index (χ4n) is 2.71. The Morgan fingerprint density at radius 3 is 1.42 bits per heavy atom. The topological polar surface area (TPSA) is 3.24 Å². The van der Waals surface area contributed by atoms with Crippen LogP contribution < -0.4 is 12.4 Å². The summed E-state index contributed by atoms with van der Waals surface area (Å²) in [6, 6.07) is 8.61. The smallest absolute Gasteiger partial charge is 0.104 e. The van der Waals surface area contributed by atoms with E-state index in [1.165, 1.54) is 49.3 Å². The maximum absolute atomic E-state index is 3.91. The minimum atomic E-state index is 0. The van der Waals surface area contributed by atoms with Crippen LogP contribution in [-0.4, -0.2) is 48.7 Å². The number of quaternary nitrogens is 1. The van der Waals surface area contributed by atoms with E-state index in [4.69, 9.17) is 0 Å². The van der Waals surface area contributed by atoms with Crippen LogP contribution in [0.4, 0.5) is 0 Å². The summed E-state index contributed by atoms with van der Waals surface area (Å²) in [5.41, 5.74) is 2.52. The summed E-state index contributed by atoms with van der Waals surface area (Å²) in [7, 11) is 0. The van der Waals surface area contributed by atoms with Crippen LogP contribution in [0.2, 0.25) is 0 Å². The van der Waals surface area contributed by atoms with Gasteiger partial charge < -0.3 is 21.8 Å². The molecule has 0 spiro atoms. The zero-order chi connectivity index (χ0) is 17.0. The van der Waals surface area contributed by atoms with Crippen LogP contribution in [0.25, 0.3) is 0 Å². The van der Waals surface area contributed by atoms with E-state index in [0.29, 0.717) is 0 Å². The molecule has 0 amide bonds. The minimum Gasteiger partial charge on any atom is -1.00 e. The van der Waals surface area contributed by atoms with Crippen LogP contribution in [0.3, 0.4) is 0 Å². The Labute approximate surface area is 164 Å². The van der Waals surface area contributed by atoms with E-state index in [1.54, 1.807) is 0 Å². The lowest BCUT2D eigenvalue weighted by atomic mass is 10.1. The molecule has 0 aliphatic heterocycles. The molecule has 0 saturated carbocycles. The highest BCUT2D eigenvalue weighted by atomic mass is 35.5. The van der Waals surface area contributed by atoms with Gasteiger partial charge in [0.1, 0.15) is 6.54 Å². The third-order valence-corrected chi connectivity index (χ3v) is 4.90. The van der Waals surface area contributed by atoms with Gasteiger partial charge in [0.25, 0.3) is 0 Å². The minimum absolute atomic E-state index is 0. The van der Waals surface area contributed by atoms with Gasteiger partial charge in [-0.15, -0.1) is 12.4 Å². The van der Waals surface area contributed by atoms with Crippen molar-refractivity contribution in [3.05, 3.63) is 42.3 Å². The van der Waals surface area contributed by atoms with E-state index < -0.39 is 0 Å². The average Bonchev–Trinajstić information content (AvgIpc) is 2.57. The second kappa shape index (κ2) is 16.2. The normalized spacial score (nSPS) is 10.3. The molecule has 0 bridgehead atoms. The molecular formula is C20H39Cl2N2. The largest absolute Gasteiger partial charge is 1.00 e. The molecule has 24 heavy (non-hydrogen) atoms. The zero-order valence-electron chi connectivity index (χ0n) is 16.6. The summed E-state index contributed by atoms with van der Waals surface area (Å²) in [6.45, 7) is 25.6. The number of halogens is 2. The van der Waals surface area contributed by atoms with Gasteiger partial charge in [-0.05, 0) is 52.9 Å². The van der Waals surface area contributed by atoms with Gasteiger partial charge in [-0.2, -0.15) is 0 Å². The van der Waals surface area contributed by atoms with Gasteiger partial charge in [-0.25, -0.2) is 0 Å². The van der Waals surface area contributed by atoms with Crippen molar-refractivity contribution in [2.45, 2.75) is 48.1 Å². The van der Waals surface area contributed by atoms with E-state index in [-0.39, 0.29) is 24.8 Å². The van der Waals surface area contributed by atoms with Crippen molar-refractivity contribution in [1.82, 2.24) is 4.90 Å². The lowest BCUT2D eigenvalue weighted by Gasteiger charge is -2.35. The Morgan fingerprint density at radius 2 is 1.17 bits per heavy atom. The monoisotopic (exact) mass is 377 g/mol. The summed E-state index contributed by atoms with van der Waals surface area (Å²) in [5.74, 6) is 0. The second-order valence-corrected chi connectivity index (χ2v) is 5.88. The molecule has 0 fully saturated rings. The fraction of sp³-hybridized carbons (Fsp3) is 0.650. The van der Waals surface area contributed by atoms with Gasteiger partial charge in [0.15, 0.2) is 0 Å². The molecule has 0 saturated heterocycles. The Morgan fingerprint density at radius 1 is 0.792 bits per heavy atom. The van der Waals surface area contributed by atoms with Crippen LogP contribution in [0, 0.1) is 6.92 Å². The lowest BCUT2D eigenvalue weighted by molar-refractivity contribution is -0.936. The third-order valence-electron chi connectivity index (χ3n) is 4.90. The summed E-state index contributed by atoms with van der Waals surface area (Å²) < 4.78 is 1.18. The SMILES string of the molecule is CCN(CC)CC.Cl.[CH2]c1ccc(C[N+](CC)(CC)CC)cc1.[Cl-]. The number of rotatable bonds is 8. The molecule has 0 aromatic heterocycles. The molecule has 2 nitrogen and oxygen atoms in total. The second-order valence-electron chi connectivity index (χ2n) is 5.88. The van der Waals surface area contributed by atoms with Gasteiger partial charge in [0, 0.05) is 5.56 Å². The van der Waals surface area contributed by atoms with Gasteiger partial charge >= 0.3 is 0 Å². The molecule has 0 aliphatic rings. The summed E-state index contributed by atoms with van der Waals surface area (Å²) in [6.07, 6.45) is 0. The molecule has 143 valence electrons. The predicted molar refractivity (Wildman–Crippen MR) is 107 cm³/mol. The quantitative estimate of drug-likeness (QED) is 0.626. The fourth-order valence-corrected chi connectivity index (χ4v) is 2.71. The van der Waals surface area contributed by atoms with Crippen molar-refractivity contribution in [3.63, 3.8) is 0 Å². The first-order valence-corrected chi connectivity index (χ1v) is 8.98. The van der Waals surface area contributed by atoms with Crippen molar-refractivity contribution in [2.75, 3.05) is 39.3 Å². The van der Waals surface area contributed by atoms with Crippen molar-refractivity contribution in [3.8, 4) is 0 Å². The third kappa shape index (κ3) is 10.6. The molecular weight excluding hydrogens is 339 g/mol. The number of hydrogen-bond acceptors (Lipinski definition) is 1. The van der Waals surface area contributed by atoms with Gasteiger partial charge in [-0.3, -0.25) is 0 Å². The van der Waals surface area contributed by atoms with Gasteiger partial charge in [0.2, 0.25) is 0 Å². The highest BCUT2D eigenvalue weighted by Gasteiger charge is 2.20. The lowest BCUT2D eigenvalue weighted by Crippen LogP contribution is -3.00. The maximum Gasteiger partial charge on any atom is 0.104 e. The first-order valence-electron chi connectivity index (χ1n) is 8.98. The predicted octanol–water partition coefficient (Wildman–Crippen LogP) is 2.02. The van der Waals surface area contributed by atoms with E-state index in [9.17, 15) is 0 Å². The Balaban J connectivity index is -0.000000424. The van der Waals surface area contributed by atoms with Crippen molar-refractivity contribution in [2.24, 2.45) is 0 Å². The van der Waals surface area contributed by atoms with Gasteiger partial charge in [-0.1, -0.05) is 45.0 Å². The highest BCUT2D eigenvalue weighted by Crippen LogP contribution is 2.14. The van der Waals surface area contributed by atoms with E-state index in [2.05, 4.69) is 77.6 Å². The number of nitrogens with zero attached hydrogens (tertiary/aromatic N) is 2. The van der Waals surface area contributed by atoms with Crippen molar-refractivity contribution < 1.29 is 16.9 Å². The highest BCUT2D eigenvalue weighted by molar-refractivity contribution is 5.85. The molecule has 1 aromatic carbocycles. The molecule has 1 aromatic rings.